The van der Waals surface area contributed by atoms with Crippen LogP contribution in [-0.4, -0.2) is 26.0 Å². The van der Waals surface area contributed by atoms with Crippen LogP contribution in [0.25, 0.3) is 0 Å². The molecule has 1 N–H and O–H groups in total. The molecule has 0 bridgehead atoms. The molecule has 118 valence electrons. The van der Waals surface area contributed by atoms with Crippen molar-refractivity contribution in [1.29, 1.82) is 0 Å². The maximum Gasteiger partial charge on any atom is 0.253 e. The number of nitrogens with zero attached hydrogens (tertiary/aromatic N) is 2. The Kier molecular flexibility index (Phi) is 4.14. The van der Waals surface area contributed by atoms with E-state index in [-0.39, 0.29) is 12.3 Å². The van der Waals surface area contributed by atoms with Gasteiger partial charge in [-0.05, 0) is 48.5 Å². The van der Waals surface area contributed by atoms with Gasteiger partial charge in [-0.15, -0.1) is 0 Å². The number of hydrazine groups is 1. The van der Waals surface area contributed by atoms with Crippen molar-refractivity contribution in [2.45, 2.75) is 6.42 Å². The molecule has 1 saturated heterocycles. The Morgan fingerprint density at radius 1 is 0.957 bits per heavy atom. The van der Waals surface area contributed by atoms with Gasteiger partial charge in [0.2, 0.25) is 0 Å². The number of aliphatic imine (C=N–C) groups is 1. The molecule has 2 aromatic rings. The number of rotatable bonds is 4. The molecule has 0 aromatic heterocycles. The van der Waals surface area contributed by atoms with E-state index in [1.165, 1.54) is 5.01 Å². The summed E-state index contributed by atoms with van der Waals surface area (Å²) in [4.78, 5) is 16.6. The third-order valence-corrected chi connectivity index (χ3v) is 3.48. The zero-order valence-electron chi connectivity index (χ0n) is 12.9. The second-order valence-corrected chi connectivity index (χ2v) is 4.97. The lowest BCUT2D eigenvalue weighted by Crippen LogP contribution is -2.35. The fraction of sp³-hybridized carbons (Fsp3) is 0.176. The van der Waals surface area contributed by atoms with Crippen molar-refractivity contribution in [1.82, 2.24) is 5.43 Å². The van der Waals surface area contributed by atoms with Crippen molar-refractivity contribution >= 4 is 23.1 Å². The van der Waals surface area contributed by atoms with Gasteiger partial charge in [-0.3, -0.25) is 10.2 Å². The van der Waals surface area contributed by atoms with Crippen molar-refractivity contribution in [3.63, 3.8) is 0 Å². The van der Waals surface area contributed by atoms with Crippen molar-refractivity contribution in [3.8, 4) is 11.5 Å². The highest BCUT2D eigenvalue weighted by Crippen LogP contribution is 2.23. The number of ether oxygens (including phenoxy) is 2. The number of amides is 1. The zero-order chi connectivity index (χ0) is 16.2. The molecular formula is C17H17N3O3. The third-order valence-electron chi connectivity index (χ3n) is 3.48. The van der Waals surface area contributed by atoms with Crippen molar-refractivity contribution in [2.75, 3.05) is 19.2 Å². The number of anilines is 1. The number of carbonyl (C=O) groups excluding carboxylic acids is 1. The molecule has 3 rings (SSSR count). The molecule has 1 amide bonds. The summed E-state index contributed by atoms with van der Waals surface area (Å²) in [6, 6.07) is 14.6. The highest BCUT2D eigenvalue weighted by atomic mass is 16.5. The normalized spacial score (nSPS) is 15.7. The molecule has 1 aliphatic heterocycles. The van der Waals surface area contributed by atoms with Gasteiger partial charge in [-0.1, -0.05) is 0 Å². The second kappa shape index (κ2) is 6.39. The van der Waals surface area contributed by atoms with E-state index in [0.29, 0.717) is 5.84 Å². The van der Waals surface area contributed by atoms with Crippen LogP contribution in [0.4, 0.5) is 11.4 Å². The summed E-state index contributed by atoms with van der Waals surface area (Å²) < 4.78 is 10.2. The van der Waals surface area contributed by atoms with Gasteiger partial charge in [-0.25, -0.2) is 10.0 Å². The van der Waals surface area contributed by atoms with Crippen molar-refractivity contribution < 1.29 is 14.3 Å². The first kappa shape index (κ1) is 14.9. The molecule has 6 heteroatoms. The molecule has 0 radical (unpaired) electrons. The number of methoxy groups -OCH3 is 2. The SMILES string of the molecule is COc1ccc(N=C2CC(=O)N(c3ccc(OC)cc3)N2)cc1. The molecule has 2 aromatic carbocycles. The lowest BCUT2D eigenvalue weighted by Gasteiger charge is -2.16. The summed E-state index contributed by atoms with van der Waals surface area (Å²) in [5.41, 5.74) is 4.54. The minimum absolute atomic E-state index is 0.0533. The Hall–Kier alpha value is -3.02. The van der Waals surface area contributed by atoms with Gasteiger partial charge in [0.15, 0.2) is 0 Å². The lowest BCUT2D eigenvalue weighted by molar-refractivity contribution is -0.116. The van der Waals surface area contributed by atoms with E-state index in [2.05, 4.69) is 10.4 Å². The van der Waals surface area contributed by atoms with Crippen LogP contribution < -0.4 is 19.9 Å². The quantitative estimate of drug-likeness (QED) is 0.943. The monoisotopic (exact) mass is 311 g/mol. The molecule has 6 nitrogen and oxygen atoms in total. The highest BCUT2D eigenvalue weighted by molar-refractivity contribution is 6.14. The summed E-state index contributed by atoms with van der Waals surface area (Å²) in [5.74, 6) is 2.06. The van der Waals surface area contributed by atoms with Gasteiger partial charge in [0.05, 0.1) is 32.0 Å². The second-order valence-electron chi connectivity index (χ2n) is 4.97. The smallest absolute Gasteiger partial charge is 0.253 e. The summed E-state index contributed by atoms with van der Waals surface area (Å²) >= 11 is 0. The predicted octanol–water partition coefficient (Wildman–Crippen LogP) is 2.68. The Labute approximate surface area is 134 Å². The van der Waals surface area contributed by atoms with Crippen LogP contribution >= 0.6 is 0 Å². The zero-order valence-corrected chi connectivity index (χ0v) is 12.9. The molecule has 1 aliphatic rings. The maximum atomic E-state index is 12.2. The first-order chi connectivity index (χ1) is 11.2. The predicted molar refractivity (Wildman–Crippen MR) is 88.3 cm³/mol. The van der Waals surface area contributed by atoms with E-state index in [9.17, 15) is 4.79 Å². The van der Waals surface area contributed by atoms with Gasteiger partial charge in [0, 0.05) is 0 Å². The number of carbonyl (C=O) groups is 1. The summed E-state index contributed by atoms with van der Waals surface area (Å²) in [7, 11) is 3.22. The minimum Gasteiger partial charge on any atom is -0.497 e. The third kappa shape index (κ3) is 3.26. The summed E-state index contributed by atoms with van der Waals surface area (Å²) in [6.07, 6.45) is 0.234. The molecule has 0 aliphatic carbocycles. The molecule has 0 atom stereocenters. The Morgan fingerprint density at radius 2 is 1.52 bits per heavy atom. The molecule has 0 unspecified atom stereocenters. The molecule has 0 spiro atoms. The van der Waals surface area contributed by atoms with Crippen molar-refractivity contribution in [3.05, 3.63) is 48.5 Å². The van der Waals surface area contributed by atoms with Gasteiger partial charge in [0.25, 0.3) is 5.91 Å². The van der Waals surface area contributed by atoms with E-state index < -0.39 is 0 Å². The number of benzene rings is 2. The molecule has 0 saturated carbocycles. The summed E-state index contributed by atoms with van der Waals surface area (Å²) in [5, 5.41) is 1.49. The topological polar surface area (TPSA) is 63.2 Å². The first-order valence-electron chi connectivity index (χ1n) is 7.15. The number of hydrogen-bond acceptors (Lipinski definition) is 4. The average Bonchev–Trinajstić information content (AvgIpc) is 2.96. The fourth-order valence-corrected chi connectivity index (χ4v) is 2.27. The summed E-state index contributed by atoms with van der Waals surface area (Å²) in [6.45, 7) is 0. The fourth-order valence-electron chi connectivity index (χ4n) is 2.27. The minimum atomic E-state index is -0.0533. The van der Waals surface area contributed by atoms with E-state index >= 15 is 0 Å². The highest BCUT2D eigenvalue weighted by Gasteiger charge is 2.26. The van der Waals surface area contributed by atoms with Crippen LogP contribution in [0.2, 0.25) is 0 Å². The van der Waals surface area contributed by atoms with E-state index in [0.717, 1.165) is 22.9 Å². The van der Waals surface area contributed by atoms with E-state index in [1.807, 2.05) is 48.5 Å². The van der Waals surface area contributed by atoms with Crippen LogP contribution in [0.5, 0.6) is 11.5 Å². The van der Waals surface area contributed by atoms with Gasteiger partial charge >= 0.3 is 0 Å². The first-order valence-corrected chi connectivity index (χ1v) is 7.15. The lowest BCUT2D eigenvalue weighted by atomic mass is 10.3. The Morgan fingerprint density at radius 3 is 2.09 bits per heavy atom. The molecule has 23 heavy (non-hydrogen) atoms. The molecular weight excluding hydrogens is 294 g/mol. The van der Waals surface area contributed by atoms with E-state index in [4.69, 9.17) is 9.47 Å². The maximum absolute atomic E-state index is 12.2. The molecule has 1 heterocycles. The Bertz CT molecular complexity index is 724. The van der Waals surface area contributed by atoms with Crippen LogP contribution in [-0.2, 0) is 4.79 Å². The molecule has 1 fully saturated rings. The van der Waals surface area contributed by atoms with Crippen LogP contribution in [0.3, 0.4) is 0 Å². The number of hydrogen-bond donors (Lipinski definition) is 1. The Balaban J connectivity index is 1.76. The van der Waals surface area contributed by atoms with Crippen LogP contribution in [0.15, 0.2) is 53.5 Å². The van der Waals surface area contributed by atoms with Crippen molar-refractivity contribution in [2.24, 2.45) is 4.99 Å². The van der Waals surface area contributed by atoms with Gasteiger partial charge < -0.3 is 9.47 Å². The number of amidine groups is 1. The average molecular weight is 311 g/mol. The number of nitrogens with one attached hydrogen (secondary N) is 1. The van der Waals surface area contributed by atoms with Gasteiger partial charge in [0.1, 0.15) is 17.3 Å². The van der Waals surface area contributed by atoms with Crippen LogP contribution in [0, 0.1) is 0 Å². The standard InChI is InChI=1S/C17H17N3O3/c1-22-14-7-3-12(4-8-14)18-16-11-17(21)20(19-16)13-5-9-15(23-2)10-6-13/h3-10H,11H2,1-2H3,(H,18,19). The largest absolute Gasteiger partial charge is 0.497 e. The van der Waals surface area contributed by atoms with E-state index in [1.54, 1.807) is 14.2 Å². The van der Waals surface area contributed by atoms with Crippen LogP contribution in [0.1, 0.15) is 6.42 Å². The van der Waals surface area contributed by atoms with Gasteiger partial charge in [-0.2, -0.15) is 0 Å².